The van der Waals surface area contributed by atoms with Crippen molar-refractivity contribution in [2.75, 3.05) is 25.1 Å². The van der Waals surface area contributed by atoms with Crippen LogP contribution >= 0.6 is 27.7 Å². The van der Waals surface area contributed by atoms with Crippen LogP contribution in [0, 0.1) is 0 Å². The lowest BCUT2D eigenvalue weighted by molar-refractivity contribution is 0.585. The molecule has 1 nitrogen and oxygen atoms in total. The third-order valence-corrected chi connectivity index (χ3v) is 4.02. The summed E-state index contributed by atoms with van der Waals surface area (Å²) in [5.74, 6) is 1.83. The Labute approximate surface area is 112 Å². The fourth-order valence-electron chi connectivity index (χ4n) is 1.75. The zero-order valence-corrected chi connectivity index (χ0v) is 12.4. The molecule has 1 aromatic rings. The molecule has 1 N–H and O–H groups in total. The Hall–Kier alpha value is 0.01000. The Morgan fingerprint density at radius 1 is 1.38 bits per heavy atom. The van der Waals surface area contributed by atoms with Gasteiger partial charge in [0.1, 0.15) is 0 Å². The van der Waals surface area contributed by atoms with E-state index in [0.717, 1.165) is 13.1 Å². The van der Waals surface area contributed by atoms with Crippen LogP contribution in [-0.2, 0) is 0 Å². The molecule has 1 unspecified atom stereocenters. The molecule has 0 aliphatic rings. The summed E-state index contributed by atoms with van der Waals surface area (Å²) in [4.78, 5) is 0. The number of benzene rings is 1. The summed E-state index contributed by atoms with van der Waals surface area (Å²) < 4.78 is 1.24. The van der Waals surface area contributed by atoms with Gasteiger partial charge in [0.05, 0.1) is 0 Å². The summed E-state index contributed by atoms with van der Waals surface area (Å²) >= 11 is 5.57. The van der Waals surface area contributed by atoms with Crippen molar-refractivity contribution in [3.63, 3.8) is 0 Å². The van der Waals surface area contributed by atoms with Crippen LogP contribution in [0.1, 0.15) is 24.8 Å². The van der Waals surface area contributed by atoms with E-state index in [4.69, 9.17) is 0 Å². The molecule has 16 heavy (non-hydrogen) atoms. The molecule has 0 saturated carbocycles. The van der Waals surface area contributed by atoms with Gasteiger partial charge in [0, 0.05) is 11.0 Å². The Bertz CT molecular complexity index is 296. The molecular weight excluding hydrogens is 282 g/mol. The molecule has 0 fully saturated rings. The quantitative estimate of drug-likeness (QED) is 0.820. The molecule has 0 aliphatic carbocycles. The van der Waals surface area contributed by atoms with Crippen molar-refractivity contribution in [1.29, 1.82) is 0 Å². The zero-order chi connectivity index (χ0) is 11.8. The predicted molar refractivity (Wildman–Crippen MR) is 78.4 cm³/mol. The molecule has 0 spiro atoms. The van der Waals surface area contributed by atoms with Crippen LogP contribution in [0.4, 0.5) is 0 Å². The van der Waals surface area contributed by atoms with E-state index in [0.29, 0.717) is 5.92 Å². The van der Waals surface area contributed by atoms with E-state index in [1.165, 1.54) is 22.2 Å². The number of hydrogen-bond donors (Lipinski definition) is 1. The summed E-state index contributed by atoms with van der Waals surface area (Å²) in [7, 11) is 0. The minimum Gasteiger partial charge on any atom is -0.316 e. The second-order valence-electron chi connectivity index (χ2n) is 3.81. The van der Waals surface area contributed by atoms with Crippen molar-refractivity contribution in [3.05, 3.63) is 34.3 Å². The summed E-state index contributed by atoms with van der Waals surface area (Å²) in [5.41, 5.74) is 1.43. The summed E-state index contributed by atoms with van der Waals surface area (Å²) in [5, 5.41) is 3.45. The fraction of sp³-hybridized carbons (Fsp3) is 0.538. The first-order chi connectivity index (χ1) is 7.79. The molecule has 0 aliphatic heterocycles. The monoisotopic (exact) mass is 301 g/mol. The fourth-order valence-corrected chi connectivity index (χ4v) is 2.88. The van der Waals surface area contributed by atoms with Gasteiger partial charge in [-0.1, -0.05) is 41.1 Å². The first-order valence-electron chi connectivity index (χ1n) is 5.73. The number of halogens is 1. The molecule has 0 heterocycles. The lowest BCUT2D eigenvalue weighted by Crippen LogP contribution is -2.22. The van der Waals surface area contributed by atoms with Gasteiger partial charge >= 0.3 is 0 Å². The predicted octanol–water partition coefficient (Wildman–Crippen LogP) is 3.90. The van der Waals surface area contributed by atoms with Crippen LogP contribution in [0.15, 0.2) is 28.7 Å². The van der Waals surface area contributed by atoms with Crippen molar-refractivity contribution < 1.29 is 0 Å². The third kappa shape index (κ3) is 4.48. The molecule has 0 amide bonds. The molecule has 1 rings (SSSR count). The van der Waals surface area contributed by atoms with E-state index in [1.54, 1.807) is 0 Å². The Morgan fingerprint density at radius 3 is 2.75 bits per heavy atom. The lowest BCUT2D eigenvalue weighted by atomic mass is 9.96. The van der Waals surface area contributed by atoms with Crippen LogP contribution in [0.25, 0.3) is 0 Å². The van der Waals surface area contributed by atoms with Gasteiger partial charge in [-0.2, -0.15) is 11.8 Å². The molecule has 0 radical (unpaired) electrons. The van der Waals surface area contributed by atoms with E-state index >= 15 is 0 Å². The maximum Gasteiger partial charge on any atom is 0.0210 e. The highest BCUT2D eigenvalue weighted by Gasteiger charge is 2.13. The molecular formula is C13H20BrNS. The van der Waals surface area contributed by atoms with E-state index in [1.807, 2.05) is 11.8 Å². The highest BCUT2D eigenvalue weighted by Crippen LogP contribution is 2.27. The van der Waals surface area contributed by atoms with Gasteiger partial charge in [-0.25, -0.2) is 0 Å². The van der Waals surface area contributed by atoms with Crippen LogP contribution in [0.3, 0.4) is 0 Å². The van der Waals surface area contributed by atoms with Gasteiger partial charge in [0.2, 0.25) is 0 Å². The third-order valence-electron chi connectivity index (χ3n) is 2.66. The standard InChI is InChI=1S/C13H20BrNS/c1-3-15-10-11(8-9-16-2)12-6-4-5-7-13(12)14/h4-7,11,15H,3,8-10H2,1-2H3. The van der Waals surface area contributed by atoms with Crippen LogP contribution in [0.2, 0.25) is 0 Å². The maximum absolute atomic E-state index is 3.65. The van der Waals surface area contributed by atoms with Gasteiger partial charge in [0.25, 0.3) is 0 Å². The topological polar surface area (TPSA) is 12.0 Å². The molecule has 0 saturated heterocycles. The largest absolute Gasteiger partial charge is 0.316 e. The highest BCUT2D eigenvalue weighted by molar-refractivity contribution is 9.10. The van der Waals surface area contributed by atoms with Crippen molar-refractivity contribution in [1.82, 2.24) is 5.32 Å². The van der Waals surface area contributed by atoms with Crippen molar-refractivity contribution >= 4 is 27.7 Å². The number of thioether (sulfide) groups is 1. The first kappa shape index (κ1) is 14.1. The van der Waals surface area contributed by atoms with Gasteiger partial charge < -0.3 is 5.32 Å². The average molecular weight is 302 g/mol. The maximum atomic E-state index is 3.65. The van der Waals surface area contributed by atoms with Crippen molar-refractivity contribution in [2.24, 2.45) is 0 Å². The summed E-state index contributed by atoms with van der Waals surface area (Å²) in [6.45, 7) is 4.27. The molecule has 1 atom stereocenters. The van der Waals surface area contributed by atoms with Crippen LogP contribution in [0.5, 0.6) is 0 Å². The van der Waals surface area contributed by atoms with Crippen LogP contribution in [-0.4, -0.2) is 25.1 Å². The van der Waals surface area contributed by atoms with Crippen LogP contribution < -0.4 is 5.32 Å². The minimum absolute atomic E-state index is 0.614. The lowest BCUT2D eigenvalue weighted by Gasteiger charge is -2.18. The summed E-state index contributed by atoms with van der Waals surface area (Å²) in [6.07, 6.45) is 3.40. The Kier molecular flexibility index (Phi) is 7.17. The highest BCUT2D eigenvalue weighted by atomic mass is 79.9. The molecule has 0 aromatic heterocycles. The normalized spacial score (nSPS) is 12.7. The van der Waals surface area contributed by atoms with E-state index in [9.17, 15) is 0 Å². The average Bonchev–Trinajstić information content (AvgIpc) is 2.31. The number of hydrogen-bond acceptors (Lipinski definition) is 2. The second-order valence-corrected chi connectivity index (χ2v) is 5.65. The molecule has 90 valence electrons. The first-order valence-corrected chi connectivity index (χ1v) is 7.92. The van der Waals surface area contributed by atoms with Gasteiger partial charge in [-0.15, -0.1) is 0 Å². The van der Waals surface area contributed by atoms with Crippen molar-refractivity contribution in [2.45, 2.75) is 19.3 Å². The molecule has 1 aromatic carbocycles. The summed E-state index contributed by atoms with van der Waals surface area (Å²) in [6, 6.07) is 8.56. The van der Waals surface area contributed by atoms with E-state index < -0.39 is 0 Å². The Morgan fingerprint density at radius 2 is 2.12 bits per heavy atom. The zero-order valence-electron chi connectivity index (χ0n) is 10.0. The van der Waals surface area contributed by atoms with Gasteiger partial charge in [-0.3, -0.25) is 0 Å². The Balaban J connectivity index is 2.70. The second kappa shape index (κ2) is 8.15. The smallest absolute Gasteiger partial charge is 0.0210 e. The van der Waals surface area contributed by atoms with E-state index in [2.05, 4.69) is 58.7 Å². The number of rotatable bonds is 7. The SMILES string of the molecule is CCNCC(CCSC)c1ccccc1Br. The van der Waals surface area contributed by atoms with Gasteiger partial charge in [0.15, 0.2) is 0 Å². The number of nitrogens with one attached hydrogen (secondary N) is 1. The van der Waals surface area contributed by atoms with E-state index in [-0.39, 0.29) is 0 Å². The minimum atomic E-state index is 0.614. The number of likely N-dealkylation sites (N-methyl/N-ethyl adjacent to an activating group) is 1. The van der Waals surface area contributed by atoms with Crippen molar-refractivity contribution in [3.8, 4) is 0 Å². The molecule has 3 heteroatoms. The molecule has 0 bridgehead atoms. The van der Waals surface area contributed by atoms with Gasteiger partial charge in [-0.05, 0) is 42.5 Å².